The Bertz CT molecular complexity index is 250. The Morgan fingerprint density at radius 1 is 1.50 bits per heavy atom. The highest BCUT2D eigenvalue weighted by Crippen LogP contribution is 2.34. The third-order valence-corrected chi connectivity index (χ3v) is 2.68. The number of carboxylic acids is 1. The Hall–Kier alpha value is -1.10. The van der Waals surface area contributed by atoms with Crippen LogP contribution in [0.1, 0.15) is 32.1 Å². The summed E-state index contributed by atoms with van der Waals surface area (Å²) >= 11 is 0. The Labute approximate surface area is 95.2 Å². The average molecular weight is 229 g/mol. The smallest absolute Gasteiger partial charge is 0.305 e. The highest BCUT2D eigenvalue weighted by molar-refractivity contribution is 5.77. The van der Waals surface area contributed by atoms with Gasteiger partial charge in [-0.15, -0.1) is 0 Å². The van der Waals surface area contributed by atoms with E-state index in [0.29, 0.717) is 25.4 Å². The Kier molecular flexibility index (Phi) is 5.25. The molecule has 1 rings (SSSR count). The molecule has 0 aromatic rings. The molecule has 0 aromatic carbocycles. The minimum Gasteiger partial charge on any atom is -0.481 e. The third-order valence-electron chi connectivity index (χ3n) is 2.68. The molecule has 0 spiro atoms. The van der Waals surface area contributed by atoms with Gasteiger partial charge in [0.25, 0.3) is 0 Å². The summed E-state index contributed by atoms with van der Waals surface area (Å²) in [6, 6.07) is -0.187. The second-order valence-corrected chi connectivity index (χ2v) is 4.21. The van der Waals surface area contributed by atoms with Crippen molar-refractivity contribution in [3.05, 3.63) is 0 Å². The summed E-state index contributed by atoms with van der Waals surface area (Å²) < 4.78 is 4.85. The lowest BCUT2D eigenvalue weighted by molar-refractivity contribution is -0.137. The number of carboxylic acid groups (broad SMARTS) is 1. The summed E-state index contributed by atoms with van der Waals surface area (Å²) in [5.74, 6) is -0.563. The van der Waals surface area contributed by atoms with Crippen LogP contribution in [-0.4, -0.2) is 36.7 Å². The summed E-state index contributed by atoms with van der Waals surface area (Å²) in [5.41, 5.74) is 0. The Morgan fingerprint density at radius 2 is 2.19 bits per heavy atom. The van der Waals surface area contributed by atoms with Gasteiger partial charge in [0.2, 0.25) is 5.91 Å². The van der Waals surface area contributed by atoms with Crippen molar-refractivity contribution in [3.63, 3.8) is 0 Å². The van der Waals surface area contributed by atoms with Gasteiger partial charge >= 0.3 is 5.97 Å². The third kappa shape index (κ3) is 5.11. The number of carbonyl (C=O) groups excluding carboxylic acids is 1. The van der Waals surface area contributed by atoms with Crippen LogP contribution in [0.15, 0.2) is 0 Å². The zero-order chi connectivity index (χ0) is 12.0. The molecule has 0 bridgehead atoms. The van der Waals surface area contributed by atoms with Crippen molar-refractivity contribution in [1.82, 2.24) is 5.32 Å². The molecule has 5 heteroatoms. The standard InChI is InChI=1S/C11H19NO4/c1-16-6-2-3-10(13)12-9(7-11(14)15)8-4-5-8/h8-9H,2-7H2,1H3,(H,12,13)(H,14,15). The maximum absolute atomic E-state index is 11.5. The highest BCUT2D eigenvalue weighted by Gasteiger charge is 2.33. The van der Waals surface area contributed by atoms with E-state index in [1.54, 1.807) is 7.11 Å². The van der Waals surface area contributed by atoms with Crippen LogP contribution < -0.4 is 5.32 Å². The average Bonchev–Trinajstić information content (AvgIpc) is 2.99. The van der Waals surface area contributed by atoms with Gasteiger partial charge in [0.15, 0.2) is 0 Å². The SMILES string of the molecule is COCCCC(=O)NC(CC(=O)O)C1CC1. The quantitative estimate of drug-likeness (QED) is 0.603. The summed E-state index contributed by atoms with van der Waals surface area (Å²) in [6.07, 6.45) is 3.15. The molecule has 92 valence electrons. The van der Waals surface area contributed by atoms with Gasteiger partial charge in [-0.2, -0.15) is 0 Å². The highest BCUT2D eigenvalue weighted by atomic mass is 16.5. The van der Waals surface area contributed by atoms with Crippen molar-refractivity contribution in [1.29, 1.82) is 0 Å². The van der Waals surface area contributed by atoms with Crippen LogP contribution in [-0.2, 0) is 14.3 Å². The largest absolute Gasteiger partial charge is 0.481 e. The predicted octanol–water partition coefficient (Wildman–Crippen LogP) is 0.782. The van der Waals surface area contributed by atoms with E-state index >= 15 is 0 Å². The van der Waals surface area contributed by atoms with Gasteiger partial charge in [-0.1, -0.05) is 0 Å². The molecule has 0 aromatic heterocycles. The van der Waals surface area contributed by atoms with Crippen LogP contribution in [0, 0.1) is 5.92 Å². The number of aliphatic carboxylic acids is 1. The molecule has 16 heavy (non-hydrogen) atoms. The van der Waals surface area contributed by atoms with Gasteiger partial charge < -0.3 is 15.2 Å². The van der Waals surface area contributed by atoms with Gasteiger partial charge in [-0.3, -0.25) is 9.59 Å². The van der Waals surface area contributed by atoms with Crippen molar-refractivity contribution in [2.45, 2.75) is 38.1 Å². The van der Waals surface area contributed by atoms with E-state index in [2.05, 4.69) is 5.32 Å². The fourth-order valence-corrected chi connectivity index (χ4v) is 1.68. The van der Waals surface area contributed by atoms with Gasteiger partial charge in [-0.05, 0) is 25.2 Å². The number of methoxy groups -OCH3 is 1. The number of hydrogen-bond donors (Lipinski definition) is 2. The number of amides is 1. The molecule has 0 heterocycles. The second kappa shape index (κ2) is 6.48. The Balaban J connectivity index is 2.24. The molecule has 1 saturated carbocycles. The first-order valence-corrected chi connectivity index (χ1v) is 5.63. The van der Waals surface area contributed by atoms with Crippen LogP contribution >= 0.6 is 0 Å². The minimum absolute atomic E-state index is 0.0285. The first kappa shape index (κ1) is 13.0. The van der Waals surface area contributed by atoms with Crippen LogP contribution in [0.2, 0.25) is 0 Å². The van der Waals surface area contributed by atoms with E-state index < -0.39 is 5.97 Å². The van der Waals surface area contributed by atoms with Crippen molar-refractivity contribution in [3.8, 4) is 0 Å². The Morgan fingerprint density at radius 3 is 2.69 bits per heavy atom. The normalized spacial score (nSPS) is 16.8. The molecule has 1 aliphatic carbocycles. The van der Waals surface area contributed by atoms with E-state index in [1.807, 2.05) is 0 Å². The van der Waals surface area contributed by atoms with Crippen molar-refractivity contribution in [2.75, 3.05) is 13.7 Å². The molecule has 5 nitrogen and oxygen atoms in total. The maximum Gasteiger partial charge on any atom is 0.305 e. The number of rotatable bonds is 8. The van der Waals surface area contributed by atoms with E-state index in [-0.39, 0.29) is 18.4 Å². The number of hydrogen-bond acceptors (Lipinski definition) is 3. The molecule has 1 aliphatic rings. The second-order valence-electron chi connectivity index (χ2n) is 4.21. The molecule has 1 amide bonds. The lowest BCUT2D eigenvalue weighted by atomic mass is 10.1. The van der Waals surface area contributed by atoms with Gasteiger partial charge in [0.1, 0.15) is 0 Å². The van der Waals surface area contributed by atoms with Crippen molar-refractivity contribution in [2.24, 2.45) is 5.92 Å². The van der Waals surface area contributed by atoms with E-state index in [4.69, 9.17) is 9.84 Å². The molecule has 0 saturated heterocycles. The van der Waals surface area contributed by atoms with Gasteiger partial charge in [0, 0.05) is 26.2 Å². The molecule has 1 atom stereocenters. The maximum atomic E-state index is 11.5. The van der Waals surface area contributed by atoms with Crippen LogP contribution in [0.25, 0.3) is 0 Å². The number of nitrogens with one attached hydrogen (secondary N) is 1. The number of carbonyl (C=O) groups is 2. The van der Waals surface area contributed by atoms with Crippen molar-refractivity contribution >= 4 is 11.9 Å². The molecule has 0 radical (unpaired) electrons. The first-order valence-electron chi connectivity index (χ1n) is 5.63. The zero-order valence-electron chi connectivity index (χ0n) is 9.57. The minimum atomic E-state index is -0.853. The fraction of sp³-hybridized carbons (Fsp3) is 0.818. The van der Waals surface area contributed by atoms with E-state index in [0.717, 1.165) is 12.8 Å². The molecular formula is C11H19NO4. The fourth-order valence-electron chi connectivity index (χ4n) is 1.68. The topological polar surface area (TPSA) is 75.6 Å². The number of ether oxygens (including phenoxy) is 1. The summed E-state index contributed by atoms with van der Waals surface area (Å²) in [4.78, 5) is 22.1. The summed E-state index contributed by atoms with van der Waals surface area (Å²) in [6.45, 7) is 0.556. The summed E-state index contributed by atoms with van der Waals surface area (Å²) in [7, 11) is 1.59. The molecule has 1 unspecified atom stereocenters. The molecular weight excluding hydrogens is 210 g/mol. The van der Waals surface area contributed by atoms with Crippen LogP contribution in [0.3, 0.4) is 0 Å². The van der Waals surface area contributed by atoms with Crippen LogP contribution in [0.5, 0.6) is 0 Å². The monoisotopic (exact) mass is 229 g/mol. The lowest BCUT2D eigenvalue weighted by Crippen LogP contribution is -2.38. The molecule has 0 aliphatic heterocycles. The van der Waals surface area contributed by atoms with Crippen LogP contribution in [0.4, 0.5) is 0 Å². The van der Waals surface area contributed by atoms with E-state index in [1.165, 1.54) is 0 Å². The van der Waals surface area contributed by atoms with E-state index in [9.17, 15) is 9.59 Å². The molecule has 1 fully saturated rings. The van der Waals surface area contributed by atoms with Gasteiger partial charge in [0.05, 0.1) is 6.42 Å². The molecule has 2 N–H and O–H groups in total. The van der Waals surface area contributed by atoms with Gasteiger partial charge in [-0.25, -0.2) is 0 Å². The first-order chi connectivity index (χ1) is 7.63. The lowest BCUT2D eigenvalue weighted by Gasteiger charge is -2.15. The zero-order valence-corrected chi connectivity index (χ0v) is 9.57. The predicted molar refractivity (Wildman–Crippen MR) is 58.0 cm³/mol. The summed E-state index contributed by atoms with van der Waals surface area (Å²) in [5, 5.41) is 11.5. The van der Waals surface area contributed by atoms with Crippen molar-refractivity contribution < 1.29 is 19.4 Å².